The van der Waals surface area contributed by atoms with Crippen LogP contribution in [0.5, 0.6) is 5.75 Å². The van der Waals surface area contributed by atoms with Crippen LogP contribution in [-0.2, 0) is 60.6 Å². The molecule has 0 aromatic heterocycles. The topological polar surface area (TPSA) is 266 Å². The maximum absolute atomic E-state index is 14.2. The predicted octanol–water partition coefficient (Wildman–Crippen LogP) is 5.11. The van der Waals surface area contributed by atoms with Crippen molar-refractivity contribution in [2.45, 2.75) is 127 Å². The number of alkyl carbamates (subject to hydrolysis) is 1. The average Bonchev–Trinajstić information content (AvgIpc) is 4.39. The van der Waals surface area contributed by atoms with E-state index >= 15 is 0 Å². The van der Waals surface area contributed by atoms with Gasteiger partial charge in [-0.15, -0.1) is 0 Å². The number of amides is 5. The Morgan fingerprint density at radius 3 is 2.45 bits per heavy atom. The minimum Gasteiger partial charge on any atom is -0.495 e. The molecule has 6 unspecified atom stereocenters. The monoisotopic (exact) mass is 1120 g/mol. The molecule has 2 aromatic carbocycles. The molecule has 78 heavy (non-hydrogen) atoms. The third-order valence-corrected chi connectivity index (χ3v) is 16.4. The van der Waals surface area contributed by atoms with Crippen LogP contribution in [0.25, 0.3) is 0 Å². The minimum atomic E-state index is -1.87. The van der Waals surface area contributed by atoms with Gasteiger partial charge in [0.25, 0.3) is 0 Å². The molecule has 20 nitrogen and oxygen atoms in total. The van der Waals surface area contributed by atoms with Crippen LogP contribution in [0, 0.1) is 17.8 Å². The van der Waals surface area contributed by atoms with Crippen molar-refractivity contribution >= 4 is 83.1 Å². The summed E-state index contributed by atoms with van der Waals surface area (Å²) in [6.07, 6.45) is 4.30. The molecule has 3 heterocycles. The van der Waals surface area contributed by atoms with Crippen molar-refractivity contribution in [3.8, 4) is 5.75 Å². The number of Topliss-reactive ketones (excluding diaryl/α,β-unsaturated/α-hetero) is 1. The third-order valence-electron chi connectivity index (χ3n) is 15.0. The highest BCUT2D eigenvalue weighted by Crippen LogP contribution is 2.42. The van der Waals surface area contributed by atoms with E-state index in [4.69, 9.17) is 35.3 Å². The van der Waals surface area contributed by atoms with Crippen LogP contribution >= 0.6 is 23.4 Å². The number of esters is 1. The summed E-state index contributed by atoms with van der Waals surface area (Å²) in [5.41, 5.74) is 1.52. The number of epoxide rings is 1. The number of methoxy groups -OCH3 is 2. The van der Waals surface area contributed by atoms with E-state index in [1.807, 2.05) is 13.0 Å². The smallest absolute Gasteiger partial charge is 0.409 e. The Kier molecular flexibility index (Phi) is 22.0. The van der Waals surface area contributed by atoms with Gasteiger partial charge in [-0.05, 0) is 87.6 Å². The second kappa shape index (κ2) is 28.1. The van der Waals surface area contributed by atoms with Gasteiger partial charge in [0, 0.05) is 75.7 Å². The van der Waals surface area contributed by atoms with Crippen molar-refractivity contribution in [1.29, 1.82) is 0 Å². The molecule has 3 fully saturated rings. The van der Waals surface area contributed by atoms with Gasteiger partial charge in [0.1, 0.15) is 41.2 Å². The molecule has 5 amide bonds. The Hall–Kier alpha value is -6.13. The van der Waals surface area contributed by atoms with E-state index in [1.165, 1.54) is 49.8 Å². The summed E-state index contributed by atoms with van der Waals surface area (Å²) in [6, 6.07) is 7.33. The third kappa shape index (κ3) is 16.2. The lowest BCUT2D eigenvalue weighted by molar-refractivity contribution is -0.159. The Bertz CT molecular complexity index is 2620. The highest BCUT2D eigenvalue weighted by atomic mass is 35.5. The molecule has 0 spiro atoms. The molecule has 3 aliphatic heterocycles. The average molecular weight is 1120 g/mol. The van der Waals surface area contributed by atoms with Crippen LogP contribution in [0.2, 0.25) is 5.02 Å². The highest BCUT2D eigenvalue weighted by molar-refractivity contribution is 7.99. The number of ether oxygens (including phenoxy) is 5. The number of anilines is 1. The zero-order valence-corrected chi connectivity index (χ0v) is 46.8. The van der Waals surface area contributed by atoms with Crippen LogP contribution < -0.4 is 25.6 Å². The molecule has 2 aromatic rings. The molecule has 4 N–H and O–H groups in total. The molecule has 22 heteroatoms. The number of aliphatic hydroxyl groups is 1. The van der Waals surface area contributed by atoms with Crippen LogP contribution in [0.1, 0.15) is 104 Å². The number of nitrogens with one attached hydrogen (secondary N) is 3. The predicted molar refractivity (Wildman–Crippen MR) is 290 cm³/mol. The number of benzene rings is 2. The molecule has 1 aliphatic carbocycles. The number of rotatable bonds is 20. The first-order valence-corrected chi connectivity index (χ1v) is 27.7. The van der Waals surface area contributed by atoms with Crippen molar-refractivity contribution < 1.29 is 71.9 Å². The van der Waals surface area contributed by atoms with Crippen LogP contribution in [0.3, 0.4) is 0 Å². The zero-order chi connectivity index (χ0) is 56.8. The number of fused-ring (bicyclic) bond motifs is 5. The number of thioether (sulfide) groups is 1. The minimum absolute atomic E-state index is 0.0156. The van der Waals surface area contributed by atoms with Gasteiger partial charge in [-0.1, -0.05) is 54.5 Å². The number of carbonyl (C=O) groups excluding carboxylic acids is 9. The van der Waals surface area contributed by atoms with Gasteiger partial charge in [0.05, 0.1) is 37.6 Å². The Morgan fingerprint density at radius 2 is 1.76 bits per heavy atom. The Balaban J connectivity index is 0.975. The van der Waals surface area contributed by atoms with Crippen LogP contribution in [0.4, 0.5) is 10.5 Å². The lowest BCUT2D eigenvalue weighted by atomic mass is 9.81. The maximum atomic E-state index is 14.2. The number of aldehydes is 2. The summed E-state index contributed by atoms with van der Waals surface area (Å²) in [6.45, 7) is 5.49. The van der Waals surface area contributed by atoms with Gasteiger partial charge in [-0.3, -0.25) is 38.9 Å². The standard InChI is InChI=1S/C56H72ClN5O15S/c1-32-9-8-10-46(74-7)56(72)26-45(76-55(71)60-56)33(2)51-52(77-51)44(25-49(68)62(5)42-23-37(21-32)24-43(73-6)50(42)57)75-54(70)34(3)61(4)48(67)19-20-78-31-41(65)28-59-53(69)38-15-12-36(13-16-38)27-58-47(66)18-14-35-11-17-39(29-63)40(22-35)30-64/h8-11,17,22-24,29-30,33-34,36,38,44-46,51-52,72H,12-16,18-21,25-28,31H2,1-7H3,(H,58,66)(H,59,69)(H,60,71)/b10-8+,32-9+/t33?,34-,36-,38-,44-,45?,46?,51?,52?,56?/m0/s1. The molecule has 4 bridgehead atoms. The fourth-order valence-electron chi connectivity index (χ4n) is 9.98. The fraction of sp³-hybridized carbons (Fsp3) is 0.554. The van der Waals surface area contributed by atoms with Crippen molar-refractivity contribution in [1.82, 2.24) is 20.9 Å². The summed E-state index contributed by atoms with van der Waals surface area (Å²) in [4.78, 5) is 118. The van der Waals surface area contributed by atoms with E-state index in [1.54, 1.807) is 56.5 Å². The second-order valence-corrected chi connectivity index (χ2v) is 22.1. The molecular formula is C56H72ClN5O15S. The van der Waals surface area contributed by atoms with E-state index in [-0.39, 0.29) is 83.8 Å². The highest BCUT2D eigenvalue weighted by Gasteiger charge is 2.56. The van der Waals surface area contributed by atoms with Crippen molar-refractivity contribution in [2.75, 3.05) is 57.8 Å². The summed E-state index contributed by atoms with van der Waals surface area (Å²) >= 11 is 8.01. The van der Waals surface area contributed by atoms with Crippen LogP contribution in [-0.4, -0.2) is 159 Å². The van der Waals surface area contributed by atoms with Gasteiger partial charge in [-0.25, -0.2) is 9.59 Å². The quantitative estimate of drug-likeness (QED) is 0.0581. The Morgan fingerprint density at radius 1 is 1.03 bits per heavy atom. The number of aryl methyl sites for hydroxylation is 1. The maximum Gasteiger partial charge on any atom is 0.409 e. The molecular weight excluding hydrogens is 1050 g/mol. The molecule has 8 atom stereocenters. The Labute approximate surface area is 464 Å². The van der Waals surface area contributed by atoms with Crippen molar-refractivity contribution in [2.24, 2.45) is 17.8 Å². The first-order chi connectivity index (χ1) is 37.2. The molecule has 6 rings (SSSR count). The van der Waals surface area contributed by atoms with Gasteiger partial charge in [0.15, 0.2) is 24.1 Å². The lowest BCUT2D eigenvalue weighted by Crippen LogP contribution is -2.63. The van der Waals surface area contributed by atoms with Gasteiger partial charge in [0.2, 0.25) is 23.6 Å². The lowest BCUT2D eigenvalue weighted by Gasteiger charge is -2.41. The van der Waals surface area contributed by atoms with Gasteiger partial charge < -0.3 is 49.2 Å². The van der Waals surface area contributed by atoms with Crippen LogP contribution in [0.15, 0.2) is 54.1 Å². The van der Waals surface area contributed by atoms with Crippen molar-refractivity contribution in [3.05, 3.63) is 81.4 Å². The largest absolute Gasteiger partial charge is 0.495 e. The van der Waals surface area contributed by atoms with E-state index < -0.39 is 72.1 Å². The number of likely N-dealkylation sites (N-methyl/N-ethyl adjacent to an activating group) is 1. The molecule has 1 saturated carbocycles. The normalized spacial score (nSPS) is 26.7. The molecule has 2 saturated heterocycles. The fourth-order valence-corrected chi connectivity index (χ4v) is 11.1. The number of allylic oxidation sites excluding steroid dienone is 3. The van der Waals surface area contributed by atoms with E-state index in [0.29, 0.717) is 61.8 Å². The SMILES string of the molecule is COc1cc2cc(c1Cl)N(C)C(=O)C[C@H](OC(=O)[C@H](C)N(C)C(=O)CCSCC(=O)CNC(=O)[C@H]1CC[C@H](CNC(=O)CCc3ccc(C=O)c(C=O)c3)CC1)C1OC1C(C)C1CC(O)(NC(=O)O1)C(OC)/C=C/C=C(\C)C2. The first kappa shape index (κ1) is 61.1. The number of carbonyl (C=O) groups is 9. The zero-order valence-electron chi connectivity index (χ0n) is 45.2. The van der Waals surface area contributed by atoms with Gasteiger partial charge >= 0.3 is 12.1 Å². The number of hydrogen-bond donors (Lipinski definition) is 4. The summed E-state index contributed by atoms with van der Waals surface area (Å²) in [5, 5.41) is 20.2. The summed E-state index contributed by atoms with van der Waals surface area (Å²) < 4.78 is 29.0. The molecule has 424 valence electrons. The summed E-state index contributed by atoms with van der Waals surface area (Å²) in [5.74, 6) is -2.21. The number of ketones is 1. The number of hydrogen-bond acceptors (Lipinski definition) is 16. The van der Waals surface area contributed by atoms with E-state index in [2.05, 4.69) is 16.0 Å². The number of nitrogens with zero attached hydrogens (tertiary/aromatic N) is 2. The molecule has 0 radical (unpaired) electrons. The van der Waals surface area contributed by atoms with Crippen molar-refractivity contribution in [3.63, 3.8) is 0 Å². The molecule has 4 aliphatic rings. The first-order valence-electron chi connectivity index (χ1n) is 26.2. The summed E-state index contributed by atoms with van der Waals surface area (Å²) in [7, 11) is 5.87. The second-order valence-electron chi connectivity index (χ2n) is 20.6. The number of halogens is 1. The van der Waals surface area contributed by atoms with E-state index in [9.17, 15) is 48.3 Å². The van der Waals surface area contributed by atoms with E-state index in [0.717, 1.165) is 29.5 Å². The van der Waals surface area contributed by atoms with Gasteiger partial charge in [-0.2, -0.15) is 11.8 Å².